The number of amides is 1. The van der Waals surface area contributed by atoms with Crippen LogP contribution in [-0.2, 0) is 4.79 Å². The molecule has 0 radical (unpaired) electrons. The van der Waals surface area contributed by atoms with Gasteiger partial charge in [0, 0.05) is 18.1 Å². The zero-order valence-corrected chi connectivity index (χ0v) is 10.9. The molecule has 0 aliphatic carbocycles. The fraction of sp³-hybridized carbons (Fsp3) is 0.417. The molecule has 0 saturated heterocycles. The molecule has 0 aromatic carbocycles. The first-order valence-electron chi connectivity index (χ1n) is 5.58. The van der Waals surface area contributed by atoms with E-state index in [1.54, 1.807) is 24.5 Å². The first kappa shape index (κ1) is 13.6. The Bertz CT molecular complexity index is 401. The van der Waals surface area contributed by atoms with Crippen LogP contribution in [0.3, 0.4) is 0 Å². The first-order valence-corrected chi connectivity index (χ1v) is 5.99. The van der Waals surface area contributed by atoms with Gasteiger partial charge in [0.05, 0.1) is 10.4 Å². The van der Waals surface area contributed by atoms with Crippen molar-refractivity contribution in [3.05, 3.63) is 24.5 Å². The summed E-state index contributed by atoms with van der Waals surface area (Å²) in [4.78, 5) is 16.4. The van der Waals surface area contributed by atoms with E-state index in [0.717, 1.165) is 0 Å². The minimum absolute atomic E-state index is 0.152. The summed E-state index contributed by atoms with van der Waals surface area (Å²) < 4.78 is 0. The summed E-state index contributed by atoms with van der Waals surface area (Å²) in [6, 6.07) is 3.46. The number of rotatable bonds is 5. The van der Waals surface area contributed by atoms with Crippen LogP contribution in [0.4, 0.5) is 5.69 Å². The number of hydrogen-bond acceptors (Lipinski definition) is 3. The molecule has 0 fully saturated rings. The lowest BCUT2D eigenvalue weighted by atomic mass is 9.81. The van der Waals surface area contributed by atoms with Gasteiger partial charge in [0.1, 0.15) is 0 Å². The predicted octanol–water partition coefficient (Wildman–Crippen LogP) is 2.11. The van der Waals surface area contributed by atoms with Crippen molar-refractivity contribution < 1.29 is 4.79 Å². The minimum Gasteiger partial charge on any atom is -0.392 e. The summed E-state index contributed by atoms with van der Waals surface area (Å²) >= 11 is 5.02. The quantitative estimate of drug-likeness (QED) is 0.786. The Morgan fingerprint density at radius 3 is 2.35 bits per heavy atom. The van der Waals surface area contributed by atoms with Crippen LogP contribution in [0.25, 0.3) is 0 Å². The number of carbonyl (C=O) groups excluding carboxylic acids is 1. The van der Waals surface area contributed by atoms with E-state index in [0.29, 0.717) is 18.5 Å². The third-order valence-corrected chi connectivity index (χ3v) is 3.44. The average molecular weight is 251 g/mol. The Morgan fingerprint density at radius 2 is 1.94 bits per heavy atom. The average Bonchev–Trinajstić information content (AvgIpc) is 2.32. The maximum Gasteiger partial charge on any atom is 0.237 e. The van der Waals surface area contributed by atoms with E-state index in [9.17, 15) is 4.79 Å². The molecule has 0 aliphatic heterocycles. The van der Waals surface area contributed by atoms with Crippen molar-refractivity contribution in [2.75, 3.05) is 5.32 Å². The number of hydrogen-bond donors (Lipinski definition) is 2. The fourth-order valence-electron chi connectivity index (χ4n) is 1.72. The van der Waals surface area contributed by atoms with Crippen LogP contribution in [0.1, 0.15) is 26.7 Å². The second kappa shape index (κ2) is 5.72. The highest BCUT2D eigenvalue weighted by Crippen LogP contribution is 2.28. The van der Waals surface area contributed by atoms with Gasteiger partial charge in [-0.25, -0.2) is 0 Å². The van der Waals surface area contributed by atoms with Crippen molar-refractivity contribution in [1.82, 2.24) is 4.98 Å². The van der Waals surface area contributed by atoms with Gasteiger partial charge >= 0.3 is 0 Å². The number of carbonyl (C=O) groups is 1. The summed E-state index contributed by atoms with van der Waals surface area (Å²) in [7, 11) is 0. The van der Waals surface area contributed by atoms with Crippen molar-refractivity contribution in [3.63, 3.8) is 0 Å². The molecule has 1 aromatic rings. The number of nitrogens with two attached hydrogens (primary N) is 1. The van der Waals surface area contributed by atoms with E-state index in [1.165, 1.54) is 0 Å². The van der Waals surface area contributed by atoms with E-state index in [-0.39, 0.29) is 10.9 Å². The van der Waals surface area contributed by atoms with Gasteiger partial charge in [-0.3, -0.25) is 9.78 Å². The fourth-order valence-corrected chi connectivity index (χ4v) is 2.10. The number of pyridine rings is 1. The van der Waals surface area contributed by atoms with Crippen LogP contribution < -0.4 is 11.1 Å². The highest BCUT2D eigenvalue weighted by molar-refractivity contribution is 7.80. The third-order valence-electron chi connectivity index (χ3n) is 3.05. The molecule has 5 heteroatoms. The monoisotopic (exact) mass is 251 g/mol. The molecule has 3 N–H and O–H groups in total. The lowest BCUT2D eigenvalue weighted by molar-refractivity contribution is -0.122. The molecule has 17 heavy (non-hydrogen) atoms. The molecular formula is C12H17N3OS. The molecular weight excluding hydrogens is 234 g/mol. The van der Waals surface area contributed by atoms with E-state index in [2.05, 4.69) is 10.3 Å². The Balaban J connectivity index is 2.91. The van der Waals surface area contributed by atoms with Gasteiger partial charge in [0.2, 0.25) is 5.91 Å². The first-order chi connectivity index (χ1) is 8.06. The van der Waals surface area contributed by atoms with Crippen LogP contribution >= 0.6 is 12.2 Å². The Kier molecular flexibility index (Phi) is 4.57. The van der Waals surface area contributed by atoms with E-state index in [4.69, 9.17) is 18.0 Å². The molecule has 0 unspecified atom stereocenters. The minimum atomic E-state index is -0.765. The second-order valence-corrected chi connectivity index (χ2v) is 4.28. The van der Waals surface area contributed by atoms with Crippen LogP contribution in [-0.4, -0.2) is 15.9 Å². The molecule has 1 aromatic heterocycles. The van der Waals surface area contributed by atoms with Gasteiger partial charge in [-0.15, -0.1) is 0 Å². The summed E-state index contributed by atoms with van der Waals surface area (Å²) in [6.45, 7) is 3.82. The SMILES string of the molecule is CCC(CC)(C(=O)Nc1ccncc1)C(N)=S. The van der Waals surface area contributed by atoms with Crippen LogP contribution in [0.15, 0.2) is 24.5 Å². The van der Waals surface area contributed by atoms with Crippen LogP contribution in [0, 0.1) is 5.41 Å². The van der Waals surface area contributed by atoms with Gasteiger partial charge in [-0.05, 0) is 25.0 Å². The highest BCUT2D eigenvalue weighted by atomic mass is 32.1. The zero-order valence-electron chi connectivity index (χ0n) is 10.1. The zero-order chi connectivity index (χ0) is 12.9. The van der Waals surface area contributed by atoms with Crippen molar-refractivity contribution in [3.8, 4) is 0 Å². The van der Waals surface area contributed by atoms with E-state index in [1.807, 2.05) is 13.8 Å². The molecule has 1 amide bonds. The predicted molar refractivity (Wildman–Crippen MR) is 72.7 cm³/mol. The van der Waals surface area contributed by atoms with Gasteiger partial charge in [0.25, 0.3) is 0 Å². The standard InChI is InChI=1S/C12H17N3OS/c1-3-12(4-2,10(13)17)11(16)15-9-5-7-14-8-6-9/h5-8H,3-4H2,1-2H3,(H2,13,17)(H,14,15,16). The highest BCUT2D eigenvalue weighted by Gasteiger charge is 2.37. The second-order valence-electron chi connectivity index (χ2n) is 3.84. The van der Waals surface area contributed by atoms with E-state index < -0.39 is 5.41 Å². The number of anilines is 1. The molecule has 0 bridgehead atoms. The van der Waals surface area contributed by atoms with Crippen LogP contribution in [0.5, 0.6) is 0 Å². The summed E-state index contributed by atoms with van der Waals surface area (Å²) in [5, 5.41) is 2.82. The van der Waals surface area contributed by atoms with Crippen molar-refractivity contribution in [2.24, 2.45) is 11.1 Å². The number of nitrogens with zero attached hydrogens (tertiary/aromatic N) is 1. The van der Waals surface area contributed by atoms with Gasteiger partial charge < -0.3 is 11.1 Å². The Labute approximate surface area is 107 Å². The number of thiocarbonyl (C=S) groups is 1. The topological polar surface area (TPSA) is 68.0 Å². The molecule has 4 nitrogen and oxygen atoms in total. The smallest absolute Gasteiger partial charge is 0.237 e. The summed E-state index contributed by atoms with van der Waals surface area (Å²) in [5.41, 5.74) is 5.64. The molecule has 0 aliphatic rings. The molecule has 0 spiro atoms. The number of nitrogens with one attached hydrogen (secondary N) is 1. The maximum absolute atomic E-state index is 12.2. The Morgan fingerprint density at radius 1 is 1.41 bits per heavy atom. The van der Waals surface area contributed by atoms with Crippen LogP contribution in [0.2, 0.25) is 0 Å². The number of aromatic nitrogens is 1. The molecule has 1 rings (SSSR count). The summed E-state index contributed by atoms with van der Waals surface area (Å²) in [6.07, 6.45) is 4.43. The molecule has 92 valence electrons. The lowest BCUT2D eigenvalue weighted by Crippen LogP contribution is -2.45. The van der Waals surface area contributed by atoms with Gasteiger partial charge in [0.15, 0.2) is 0 Å². The Hall–Kier alpha value is -1.49. The van der Waals surface area contributed by atoms with Gasteiger partial charge in [-0.1, -0.05) is 26.1 Å². The lowest BCUT2D eigenvalue weighted by Gasteiger charge is -2.28. The third kappa shape index (κ3) is 2.79. The molecule has 0 atom stereocenters. The van der Waals surface area contributed by atoms with Crippen molar-refractivity contribution in [2.45, 2.75) is 26.7 Å². The summed E-state index contributed by atoms with van der Waals surface area (Å²) in [5.74, 6) is -0.152. The van der Waals surface area contributed by atoms with Crippen molar-refractivity contribution in [1.29, 1.82) is 0 Å². The van der Waals surface area contributed by atoms with Crippen molar-refractivity contribution >= 4 is 28.8 Å². The molecule has 1 heterocycles. The normalized spacial score (nSPS) is 10.9. The van der Waals surface area contributed by atoms with Gasteiger partial charge in [-0.2, -0.15) is 0 Å². The molecule has 0 saturated carbocycles. The van der Waals surface area contributed by atoms with E-state index >= 15 is 0 Å². The largest absolute Gasteiger partial charge is 0.392 e. The maximum atomic E-state index is 12.2.